The molecule has 6 heteroatoms. The third-order valence-electron chi connectivity index (χ3n) is 6.16. The second-order valence-electron chi connectivity index (χ2n) is 8.50. The minimum Gasteiger partial charge on any atom is -0.497 e. The summed E-state index contributed by atoms with van der Waals surface area (Å²) in [4.78, 5) is 18.8. The average Bonchev–Trinajstić information content (AvgIpc) is 3.22. The number of amides is 1. The molecule has 1 heterocycles. The van der Waals surface area contributed by atoms with Gasteiger partial charge in [0.1, 0.15) is 5.75 Å². The van der Waals surface area contributed by atoms with Gasteiger partial charge in [-0.3, -0.25) is 9.79 Å². The molecule has 1 aliphatic rings. The summed E-state index contributed by atoms with van der Waals surface area (Å²) in [5.41, 5.74) is 2.45. The largest absolute Gasteiger partial charge is 0.497 e. The number of ether oxygens (including phenoxy) is 1. The summed E-state index contributed by atoms with van der Waals surface area (Å²) in [6.07, 6.45) is 1.49. The zero-order valence-electron chi connectivity index (χ0n) is 19.4. The molecule has 0 spiro atoms. The normalized spacial score (nSPS) is 16.3. The van der Waals surface area contributed by atoms with Crippen molar-refractivity contribution in [1.29, 1.82) is 0 Å². The predicted octanol–water partition coefficient (Wildman–Crippen LogP) is 3.60. The molecule has 1 unspecified atom stereocenters. The minimum atomic E-state index is 0.244. The van der Waals surface area contributed by atoms with Crippen molar-refractivity contribution in [1.82, 2.24) is 15.5 Å². The maximum atomic E-state index is 12.4. The highest BCUT2D eigenvalue weighted by molar-refractivity contribution is 5.85. The number of guanidine groups is 1. The number of hydrogen-bond donors (Lipinski definition) is 2. The van der Waals surface area contributed by atoms with E-state index in [1.54, 1.807) is 14.2 Å². The van der Waals surface area contributed by atoms with Gasteiger partial charge in [-0.25, -0.2) is 0 Å². The van der Waals surface area contributed by atoms with Crippen LogP contribution in [-0.2, 0) is 17.8 Å². The number of carbonyl (C=O) groups is 1. The van der Waals surface area contributed by atoms with Gasteiger partial charge in [-0.15, -0.1) is 0 Å². The van der Waals surface area contributed by atoms with Crippen LogP contribution in [0.2, 0.25) is 0 Å². The van der Waals surface area contributed by atoms with Crippen LogP contribution in [-0.4, -0.2) is 50.6 Å². The number of carbonyl (C=O) groups excluding carboxylic acids is 1. The van der Waals surface area contributed by atoms with Crippen molar-refractivity contribution in [2.45, 2.75) is 19.4 Å². The van der Waals surface area contributed by atoms with Gasteiger partial charge in [0.05, 0.1) is 7.11 Å². The number of benzene rings is 3. The maximum Gasteiger partial charge on any atom is 0.223 e. The Balaban J connectivity index is 1.24. The molecule has 4 rings (SSSR count). The first-order valence-corrected chi connectivity index (χ1v) is 11.5. The maximum absolute atomic E-state index is 12.4. The molecule has 1 fully saturated rings. The first-order chi connectivity index (χ1) is 16.1. The highest BCUT2D eigenvalue weighted by Gasteiger charge is 2.29. The van der Waals surface area contributed by atoms with E-state index in [0.717, 1.165) is 43.2 Å². The second kappa shape index (κ2) is 10.9. The fourth-order valence-electron chi connectivity index (χ4n) is 4.27. The van der Waals surface area contributed by atoms with Crippen LogP contribution in [0, 0.1) is 5.92 Å². The lowest BCUT2D eigenvalue weighted by Gasteiger charge is -2.18. The lowest BCUT2D eigenvalue weighted by atomic mass is 10.1. The highest BCUT2D eigenvalue weighted by atomic mass is 16.5. The van der Waals surface area contributed by atoms with E-state index in [9.17, 15) is 4.79 Å². The van der Waals surface area contributed by atoms with Crippen molar-refractivity contribution in [3.8, 4) is 5.75 Å². The van der Waals surface area contributed by atoms with Crippen molar-refractivity contribution in [2.75, 3.05) is 33.8 Å². The third-order valence-corrected chi connectivity index (χ3v) is 6.16. The Bertz CT molecular complexity index is 1110. The Labute approximate surface area is 195 Å². The topological polar surface area (TPSA) is 66.0 Å². The number of hydrogen-bond acceptors (Lipinski definition) is 3. The molecule has 0 radical (unpaired) electrons. The molecule has 3 aromatic carbocycles. The molecule has 1 aliphatic heterocycles. The van der Waals surface area contributed by atoms with Gasteiger partial charge in [0.2, 0.25) is 5.91 Å². The van der Waals surface area contributed by atoms with Crippen molar-refractivity contribution in [2.24, 2.45) is 10.9 Å². The number of aliphatic imine (C=N–C) groups is 1. The molecular weight excluding hydrogens is 412 g/mol. The van der Waals surface area contributed by atoms with Gasteiger partial charge in [-0.1, -0.05) is 48.5 Å². The van der Waals surface area contributed by atoms with Crippen LogP contribution in [0.4, 0.5) is 0 Å². The average molecular weight is 445 g/mol. The molecular formula is C27H32N4O2. The Morgan fingerprint density at radius 3 is 2.61 bits per heavy atom. The monoisotopic (exact) mass is 444 g/mol. The van der Waals surface area contributed by atoms with Gasteiger partial charge < -0.3 is 20.3 Å². The Kier molecular flexibility index (Phi) is 7.45. The molecule has 1 amide bonds. The van der Waals surface area contributed by atoms with E-state index >= 15 is 0 Å². The number of methoxy groups -OCH3 is 1. The van der Waals surface area contributed by atoms with E-state index in [2.05, 4.69) is 52.0 Å². The smallest absolute Gasteiger partial charge is 0.223 e. The minimum absolute atomic E-state index is 0.244. The number of likely N-dealkylation sites (tertiary alicyclic amines) is 1. The fourth-order valence-corrected chi connectivity index (χ4v) is 4.27. The Morgan fingerprint density at radius 1 is 1.03 bits per heavy atom. The van der Waals surface area contributed by atoms with Crippen molar-refractivity contribution >= 4 is 22.6 Å². The molecule has 172 valence electrons. The second-order valence-corrected chi connectivity index (χ2v) is 8.50. The third kappa shape index (κ3) is 6.04. The summed E-state index contributed by atoms with van der Waals surface area (Å²) in [5, 5.41) is 9.11. The molecule has 2 N–H and O–H groups in total. The van der Waals surface area contributed by atoms with Gasteiger partial charge in [0, 0.05) is 45.6 Å². The zero-order valence-corrected chi connectivity index (χ0v) is 19.4. The molecule has 0 bridgehead atoms. The van der Waals surface area contributed by atoms with E-state index < -0.39 is 0 Å². The Hall–Kier alpha value is -3.54. The summed E-state index contributed by atoms with van der Waals surface area (Å²) in [5.74, 6) is 2.15. The van der Waals surface area contributed by atoms with E-state index in [0.29, 0.717) is 18.9 Å². The van der Waals surface area contributed by atoms with Crippen LogP contribution in [0.25, 0.3) is 10.8 Å². The summed E-state index contributed by atoms with van der Waals surface area (Å²) < 4.78 is 5.30. The van der Waals surface area contributed by atoms with E-state index in [-0.39, 0.29) is 5.91 Å². The van der Waals surface area contributed by atoms with Crippen molar-refractivity contribution in [3.05, 3.63) is 77.9 Å². The van der Waals surface area contributed by atoms with Gasteiger partial charge in [-0.2, -0.15) is 0 Å². The number of rotatable bonds is 8. The van der Waals surface area contributed by atoms with Crippen LogP contribution in [0.15, 0.2) is 71.7 Å². The van der Waals surface area contributed by atoms with E-state index in [4.69, 9.17) is 4.74 Å². The molecule has 6 nitrogen and oxygen atoms in total. The zero-order chi connectivity index (χ0) is 23.0. The summed E-state index contributed by atoms with van der Waals surface area (Å²) in [6.45, 7) is 2.98. The molecule has 1 saturated heterocycles. The fraction of sp³-hybridized carbons (Fsp3) is 0.333. The summed E-state index contributed by atoms with van der Waals surface area (Å²) in [7, 11) is 3.45. The molecule has 33 heavy (non-hydrogen) atoms. The van der Waals surface area contributed by atoms with Gasteiger partial charge in [0.25, 0.3) is 0 Å². The molecule has 0 saturated carbocycles. The molecule has 3 aromatic rings. The van der Waals surface area contributed by atoms with Gasteiger partial charge >= 0.3 is 0 Å². The van der Waals surface area contributed by atoms with Crippen LogP contribution >= 0.6 is 0 Å². The number of nitrogens with one attached hydrogen (secondary N) is 2. The van der Waals surface area contributed by atoms with Crippen LogP contribution in [0.1, 0.15) is 17.5 Å². The molecule has 1 atom stereocenters. The predicted molar refractivity (Wildman–Crippen MR) is 134 cm³/mol. The van der Waals surface area contributed by atoms with Crippen LogP contribution < -0.4 is 15.4 Å². The summed E-state index contributed by atoms with van der Waals surface area (Å²) >= 11 is 0. The van der Waals surface area contributed by atoms with Crippen LogP contribution in [0.5, 0.6) is 5.75 Å². The highest BCUT2D eigenvalue weighted by Crippen LogP contribution is 2.22. The summed E-state index contributed by atoms with van der Waals surface area (Å²) in [6, 6.07) is 22.8. The van der Waals surface area contributed by atoms with Crippen molar-refractivity contribution in [3.63, 3.8) is 0 Å². The SMILES string of the molecule is CN=C(NCc1ccc2cc(OC)ccc2c1)NCC1CC(=O)N(CCc2ccccc2)C1. The van der Waals surface area contributed by atoms with E-state index in [1.165, 1.54) is 16.5 Å². The van der Waals surface area contributed by atoms with Crippen molar-refractivity contribution < 1.29 is 9.53 Å². The first kappa shape index (κ1) is 22.6. The lowest BCUT2D eigenvalue weighted by molar-refractivity contribution is -0.127. The van der Waals surface area contributed by atoms with Gasteiger partial charge in [0.15, 0.2) is 5.96 Å². The quantitative estimate of drug-likeness (QED) is 0.412. The van der Waals surface area contributed by atoms with Crippen LogP contribution in [0.3, 0.4) is 0 Å². The lowest BCUT2D eigenvalue weighted by Crippen LogP contribution is -2.40. The first-order valence-electron chi connectivity index (χ1n) is 11.5. The molecule has 0 aliphatic carbocycles. The standard InChI is InChI=1S/C27H32N4O2/c1-28-27(29-17-21-8-9-24-16-25(33-2)11-10-23(24)14-21)30-18-22-15-26(32)31(19-22)13-12-20-6-4-3-5-7-20/h3-11,14,16,22H,12-13,15,17-19H2,1-2H3,(H2,28,29,30). The van der Waals surface area contributed by atoms with E-state index in [1.807, 2.05) is 35.2 Å². The number of nitrogens with zero attached hydrogens (tertiary/aromatic N) is 2. The molecule has 0 aromatic heterocycles. The van der Waals surface area contributed by atoms with Gasteiger partial charge in [-0.05, 0) is 46.5 Å². The Morgan fingerprint density at radius 2 is 1.82 bits per heavy atom. The number of fused-ring (bicyclic) bond motifs is 1.